The minimum atomic E-state index is -0.0390. The van der Waals surface area contributed by atoms with Crippen LogP contribution in [0, 0.1) is 6.92 Å². The summed E-state index contributed by atoms with van der Waals surface area (Å²) in [6, 6.07) is 17.4. The van der Waals surface area contributed by atoms with Crippen LogP contribution in [0.4, 0.5) is 0 Å². The van der Waals surface area contributed by atoms with Crippen molar-refractivity contribution in [3.63, 3.8) is 0 Å². The van der Waals surface area contributed by atoms with Gasteiger partial charge in [-0.1, -0.05) is 24.3 Å². The van der Waals surface area contributed by atoms with Gasteiger partial charge in [-0.05, 0) is 42.8 Å². The van der Waals surface area contributed by atoms with Crippen LogP contribution in [-0.2, 0) is 6.54 Å². The van der Waals surface area contributed by atoms with E-state index in [4.69, 9.17) is 0 Å². The Balaban J connectivity index is 1.51. The van der Waals surface area contributed by atoms with Gasteiger partial charge in [0.2, 0.25) is 5.78 Å². The third-order valence-electron chi connectivity index (χ3n) is 4.91. The molecule has 0 atom stereocenters. The van der Waals surface area contributed by atoms with Gasteiger partial charge in [-0.2, -0.15) is 0 Å². The Hall–Kier alpha value is -3.60. The smallest absolute Gasteiger partial charge is 0.211 e. The van der Waals surface area contributed by atoms with Crippen molar-refractivity contribution in [2.75, 3.05) is 0 Å². The molecule has 0 bridgehead atoms. The van der Waals surface area contributed by atoms with Crippen molar-refractivity contribution in [1.29, 1.82) is 0 Å². The minimum Gasteiger partial charge on any atom is -0.296 e. The van der Waals surface area contributed by atoms with Crippen molar-refractivity contribution >= 4 is 22.5 Å². The highest BCUT2D eigenvalue weighted by Gasteiger charge is 2.22. The third-order valence-corrected chi connectivity index (χ3v) is 4.91. The molecule has 0 amide bonds. The minimum absolute atomic E-state index is 0.0390. The van der Waals surface area contributed by atoms with Gasteiger partial charge >= 0.3 is 0 Å². The Bertz CT molecular complexity index is 1220. The van der Waals surface area contributed by atoms with Gasteiger partial charge in [-0.3, -0.25) is 19.3 Å². The molecule has 5 rings (SSSR count). The zero-order valence-corrected chi connectivity index (χ0v) is 14.8. The summed E-state index contributed by atoms with van der Waals surface area (Å²) >= 11 is 0. The maximum atomic E-state index is 12.9. The fourth-order valence-corrected chi connectivity index (χ4v) is 3.61. The molecule has 0 radical (unpaired) electrons. The molecular weight excluding hydrogens is 336 g/mol. The van der Waals surface area contributed by atoms with Gasteiger partial charge in [-0.15, -0.1) is 0 Å². The maximum Gasteiger partial charge on any atom is 0.211 e. The van der Waals surface area contributed by atoms with Crippen LogP contribution in [0.25, 0.3) is 16.7 Å². The van der Waals surface area contributed by atoms with Crippen LogP contribution < -0.4 is 0 Å². The number of aryl methyl sites for hydroxylation is 1. The van der Waals surface area contributed by atoms with Gasteiger partial charge in [0, 0.05) is 23.0 Å². The molecule has 2 aromatic heterocycles. The first kappa shape index (κ1) is 15.6. The molecule has 0 saturated heterocycles. The zero-order valence-electron chi connectivity index (χ0n) is 14.8. The average Bonchev–Trinajstić information content (AvgIpc) is 3.28. The number of hydrogen-bond donors (Lipinski definition) is 0. The first-order valence-corrected chi connectivity index (χ1v) is 8.79. The van der Waals surface area contributed by atoms with Gasteiger partial charge < -0.3 is 0 Å². The summed E-state index contributed by atoms with van der Waals surface area (Å²) in [6.45, 7) is 2.53. The largest absolute Gasteiger partial charge is 0.296 e. The molecule has 0 saturated carbocycles. The Morgan fingerprint density at radius 1 is 1.04 bits per heavy atom. The monoisotopic (exact) mass is 352 g/mol. The Morgan fingerprint density at radius 3 is 2.70 bits per heavy atom. The molecule has 0 unspecified atom stereocenters. The molecule has 1 aliphatic heterocycles. The van der Waals surface area contributed by atoms with Crippen LogP contribution in [0.3, 0.4) is 0 Å². The molecule has 1 aliphatic rings. The van der Waals surface area contributed by atoms with Crippen molar-refractivity contribution in [2.45, 2.75) is 13.5 Å². The number of aromatic nitrogens is 3. The lowest BCUT2D eigenvalue weighted by molar-refractivity contribution is 0.106. The summed E-state index contributed by atoms with van der Waals surface area (Å²) in [6.07, 6.45) is 3.51. The second-order valence-corrected chi connectivity index (χ2v) is 6.56. The van der Waals surface area contributed by atoms with Crippen LogP contribution in [0.15, 0.2) is 72.0 Å². The molecule has 130 valence electrons. The normalized spacial score (nSPS) is 12.9. The van der Waals surface area contributed by atoms with Crippen molar-refractivity contribution < 1.29 is 4.79 Å². The fraction of sp³-hybridized carbons (Fsp3) is 0.0909. The van der Waals surface area contributed by atoms with Gasteiger partial charge in [-0.25, -0.2) is 4.98 Å². The number of aliphatic imine (C=N–C) groups is 1. The lowest BCUT2D eigenvalue weighted by atomic mass is 9.99. The molecule has 5 nitrogen and oxygen atoms in total. The van der Waals surface area contributed by atoms with Gasteiger partial charge in [0.1, 0.15) is 17.1 Å². The summed E-state index contributed by atoms with van der Waals surface area (Å²) in [4.78, 5) is 26.1. The Labute approximate surface area is 156 Å². The maximum absolute atomic E-state index is 12.9. The number of nitrogens with zero attached hydrogens (tertiary/aromatic N) is 4. The molecule has 0 N–H and O–H groups in total. The lowest BCUT2D eigenvalue weighted by Crippen LogP contribution is -2.14. The predicted octanol–water partition coefficient (Wildman–Crippen LogP) is 3.91. The van der Waals surface area contributed by atoms with E-state index in [1.807, 2.05) is 61.5 Å². The number of benzene rings is 2. The molecular formula is C22H16N4O. The topological polar surface area (TPSA) is 60.1 Å². The number of hydrogen-bond acceptors (Lipinski definition) is 4. The first-order valence-electron chi connectivity index (χ1n) is 8.79. The second kappa shape index (κ2) is 5.99. The van der Waals surface area contributed by atoms with E-state index in [0.717, 1.165) is 33.7 Å². The third kappa shape index (κ3) is 2.47. The van der Waals surface area contributed by atoms with Crippen LogP contribution in [0.5, 0.6) is 0 Å². The quantitative estimate of drug-likeness (QED) is 0.525. The summed E-state index contributed by atoms with van der Waals surface area (Å²) in [5, 5.41) is 0. The van der Waals surface area contributed by atoms with Gasteiger partial charge in [0.25, 0.3) is 0 Å². The van der Waals surface area contributed by atoms with Crippen molar-refractivity contribution in [3.05, 3.63) is 89.5 Å². The van der Waals surface area contributed by atoms with Gasteiger partial charge in [0.15, 0.2) is 0 Å². The van der Waals surface area contributed by atoms with Crippen LogP contribution in [0.2, 0.25) is 0 Å². The number of rotatable bonds is 3. The van der Waals surface area contributed by atoms with E-state index < -0.39 is 0 Å². The number of Topliss-reactive ketones (excluding diaryl/α,β-unsaturated/α-hetero) is 1. The van der Waals surface area contributed by atoms with Crippen molar-refractivity contribution in [2.24, 2.45) is 4.99 Å². The van der Waals surface area contributed by atoms with Crippen molar-refractivity contribution in [3.8, 4) is 5.69 Å². The molecule has 2 aromatic carbocycles. The highest BCUT2D eigenvalue weighted by Crippen LogP contribution is 2.23. The van der Waals surface area contributed by atoms with Crippen LogP contribution >= 0.6 is 0 Å². The van der Waals surface area contributed by atoms with E-state index >= 15 is 0 Å². The predicted molar refractivity (Wildman–Crippen MR) is 105 cm³/mol. The van der Waals surface area contributed by atoms with Crippen LogP contribution in [-0.4, -0.2) is 26.0 Å². The molecule has 3 heterocycles. The average molecular weight is 352 g/mol. The number of pyridine rings is 1. The number of ketones is 1. The van der Waals surface area contributed by atoms with Crippen LogP contribution in [0.1, 0.15) is 27.3 Å². The SMILES string of the molecule is Cc1nc2cnccc2n1-c1ccc(C(=O)C2=NCc3ccccc32)cc1. The standard InChI is InChI=1S/C22H16N4O/c1-14-25-19-13-23-11-10-20(19)26(14)17-8-6-15(7-9-17)22(27)21-18-5-3-2-4-16(18)12-24-21/h2-11,13H,12H2,1H3. The summed E-state index contributed by atoms with van der Waals surface area (Å²) in [7, 11) is 0. The van der Waals surface area contributed by atoms with E-state index in [1.54, 1.807) is 12.4 Å². The molecule has 4 aromatic rings. The highest BCUT2D eigenvalue weighted by atomic mass is 16.1. The summed E-state index contributed by atoms with van der Waals surface area (Å²) in [5.41, 5.74) is 6.04. The molecule has 5 heteroatoms. The molecule has 27 heavy (non-hydrogen) atoms. The van der Waals surface area contributed by atoms with E-state index in [9.17, 15) is 4.79 Å². The van der Waals surface area contributed by atoms with E-state index in [0.29, 0.717) is 17.8 Å². The highest BCUT2D eigenvalue weighted by molar-refractivity contribution is 6.52. The van der Waals surface area contributed by atoms with E-state index in [2.05, 4.69) is 19.5 Å². The lowest BCUT2D eigenvalue weighted by Gasteiger charge is -2.08. The summed E-state index contributed by atoms with van der Waals surface area (Å²) in [5.74, 6) is 0.842. The second-order valence-electron chi connectivity index (χ2n) is 6.56. The summed E-state index contributed by atoms with van der Waals surface area (Å²) < 4.78 is 2.06. The number of fused-ring (bicyclic) bond motifs is 2. The number of carbonyl (C=O) groups excluding carboxylic acids is 1. The van der Waals surface area contributed by atoms with E-state index in [1.165, 1.54) is 0 Å². The number of carbonyl (C=O) groups is 1. The molecule has 0 fully saturated rings. The Morgan fingerprint density at radius 2 is 1.85 bits per heavy atom. The first-order chi connectivity index (χ1) is 13.2. The number of imidazole rings is 1. The zero-order chi connectivity index (χ0) is 18.4. The van der Waals surface area contributed by atoms with Gasteiger partial charge in [0.05, 0.1) is 18.3 Å². The van der Waals surface area contributed by atoms with E-state index in [-0.39, 0.29) is 5.78 Å². The molecule has 0 spiro atoms. The molecule has 0 aliphatic carbocycles. The Kier molecular flexibility index (Phi) is 3.47. The van der Waals surface area contributed by atoms with Crippen molar-refractivity contribution in [1.82, 2.24) is 14.5 Å². The fourth-order valence-electron chi connectivity index (χ4n) is 3.61.